The summed E-state index contributed by atoms with van der Waals surface area (Å²) in [6.45, 7) is 2.13. The summed E-state index contributed by atoms with van der Waals surface area (Å²) in [5.74, 6) is 0. The topological polar surface area (TPSA) is 34.1 Å². The van der Waals surface area contributed by atoms with Gasteiger partial charge in [-0.2, -0.15) is 0 Å². The highest BCUT2D eigenvalue weighted by Gasteiger charge is 2.13. The van der Waals surface area contributed by atoms with E-state index in [1.165, 1.54) is 12.8 Å². The lowest BCUT2D eigenvalue weighted by atomic mass is 10.1. The minimum absolute atomic E-state index is 0.124. The van der Waals surface area contributed by atoms with E-state index in [-0.39, 0.29) is 14.1 Å². The van der Waals surface area contributed by atoms with E-state index in [1.807, 2.05) is 0 Å². The van der Waals surface area contributed by atoms with Crippen molar-refractivity contribution in [1.29, 1.82) is 0 Å². The predicted molar refractivity (Wildman–Crippen MR) is 47.6 cm³/mol. The van der Waals surface area contributed by atoms with Crippen LogP contribution in [0.5, 0.6) is 0 Å². The number of unbranched alkanes of at least 4 members (excludes halogenated alkanes) is 2. The third kappa shape index (κ3) is 6.18. The Hall–Kier alpha value is -0.230. The van der Waals surface area contributed by atoms with Crippen molar-refractivity contribution in [1.82, 2.24) is 0 Å². The average Bonchev–Trinajstić information content (AvgIpc) is 2.03. The Morgan fingerprint density at radius 1 is 1.45 bits per heavy atom. The average molecular weight is 175 g/mol. The van der Waals surface area contributed by atoms with Gasteiger partial charge in [0.15, 0.2) is 5.66 Å². The fraction of sp³-hybridized carbons (Fsp3) is 0.875. The van der Waals surface area contributed by atoms with Gasteiger partial charge in [-0.1, -0.05) is 24.3 Å². The van der Waals surface area contributed by atoms with Crippen LogP contribution in [-0.4, -0.2) is 11.9 Å². The number of aldehydes is 1. The van der Waals surface area contributed by atoms with Crippen LogP contribution in [0.15, 0.2) is 0 Å². The normalized spacial score (nSPS) is 13.2. The Morgan fingerprint density at radius 3 is 2.64 bits per heavy atom. The van der Waals surface area contributed by atoms with Gasteiger partial charge in [-0.05, 0) is 12.8 Å². The van der Waals surface area contributed by atoms with Crippen LogP contribution in [0.25, 0.3) is 0 Å². The van der Waals surface area contributed by atoms with Crippen LogP contribution in [0.1, 0.15) is 39.0 Å². The van der Waals surface area contributed by atoms with E-state index in [0.717, 1.165) is 19.1 Å². The largest absolute Gasteiger partial charge is 0.328 e. The second-order valence-electron chi connectivity index (χ2n) is 2.71. The second-order valence-corrected chi connectivity index (χ2v) is 3.77. The number of carbonyl (C=O) groups excluding carboxylic acids is 1. The zero-order valence-electron chi connectivity index (χ0n) is 7.01. The zero-order valence-corrected chi connectivity index (χ0v) is 8.01. The molecule has 0 bridgehead atoms. The minimum Gasteiger partial charge on any atom is -0.303 e. The molecule has 0 aliphatic rings. The first-order valence-corrected chi connectivity index (χ1v) is 5.15. The molecule has 0 amide bonds. The van der Waals surface area contributed by atoms with Crippen molar-refractivity contribution in [2.75, 3.05) is 0 Å². The summed E-state index contributed by atoms with van der Waals surface area (Å²) in [7, 11) is -0.314. The number of hydrogen-bond acceptors (Lipinski definition) is 2. The Morgan fingerprint density at radius 2 is 2.18 bits per heavy atom. The van der Waals surface area contributed by atoms with E-state index in [2.05, 4.69) is 6.92 Å². The van der Waals surface area contributed by atoms with Crippen molar-refractivity contribution in [2.24, 2.45) is 0 Å². The third-order valence-electron chi connectivity index (χ3n) is 1.70. The smallest absolute Gasteiger partial charge is 0.303 e. The van der Waals surface area contributed by atoms with Crippen molar-refractivity contribution in [3.8, 4) is 0 Å². The van der Waals surface area contributed by atoms with Gasteiger partial charge in [0.1, 0.15) is 6.29 Å². The molecular formula is C8H16O2P+. The van der Waals surface area contributed by atoms with E-state index in [0.29, 0.717) is 6.42 Å². The molecule has 2 atom stereocenters. The van der Waals surface area contributed by atoms with Gasteiger partial charge in [-0.3, -0.25) is 0 Å². The molecule has 0 N–H and O–H groups in total. The number of hydrogen-bond donors (Lipinski definition) is 0. The maximum Gasteiger partial charge on any atom is 0.328 e. The Labute approximate surface area is 69.6 Å². The Kier molecular flexibility index (Phi) is 7.71. The van der Waals surface area contributed by atoms with Crippen LogP contribution in [-0.2, 0) is 9.36 Å². The first-order chi connectivity index (χ1) is 5.35. The summed E-state index contributed by atoms with van der Waals surface area (Å²) in [6, 6.07) is 0. The van der Waals surface area contributed by atoms with E-state index >= 15 is 0 Å². The fourth-order valence-electron chi connectivity index (χ4n) is 0.982. The molecule has 0 rings (SSSR count). The molecule has 0 aromatic rings. The maximum absolute atomic E-state index is 10.5. The molecule has 0 aliphatic heterocycles. The summed E-state index contributed by atoms with van der Waals surface area (Å²) in [5.41, 5.74) is 0.124. The van der Waals surface area contributed by atoms with Gasteiger partial charge in [0.25, 0.3) is 0 Å². The first kappa shape index (κ1) is 10.8. The second kappa shape index (κ2) is 7.87. The highest BCUT2D eigenvalue weighted by molar-refractivity contribution is 7.24. The fourth-order valence-corrected chi connectivity index (χ4v) is 1.50. The summed E-state index contributed by atoms with van der Waals surface area (Å²) in [6.07, 6.45) is 5.72. The molecule has 0 saturated heterocycles. The van der Waals surface area contributed by atoms with E-state index in [1.54, 1.807) is 0 Å². The molecule has 0 aliphatic carbocycles. The molecule has 2 nitrogen and oxygen atoms in total. The lowest BCUT2D eigenvalue weighted by Crippen LogP contribution is -1.98. The van der Waals surface area contributed by atoms with Crippen molar-refractivity contribution < 1.29 is 9.36 Å². The molecule has 0 heterocycles. The van der Waals surface area contributed by atoms with Gasteiger partial charge in [0.2, 0.25) is 0 Å². The molecule has 2 unspecified atom stereocenters. The van der Waals surface area contributed by atoms with Crippen LogP contribution in [0.2, 0.25) is 0 Å². The molecule has 11 heavy (non-hydrogen) atoms. The van der Waals surface area contributed by atoms with Crippen molar-refractivity contribution in [2.45, 2.75) is 44.7 Å². The van der Waals surface area contributed by atoms with Gasteiger partial charge in [0, 0.05) is 6.42 Å². The highest BCUT2D eigenvalue weighted by Crippen LogP contribution is 2.17. The zero-order chi connectivity index (χ0) is 8.53. The van der Waals surface area contributed by atoms with Crippen molar-refractivity contribution in [3.63, 3.8) is 0 Å². The summed E-state index contributed by atoms with van der Waals surface area (Å²) >= 11 is 0. The number of rotatable bonds is 7. The van der Waals surface area contributed by atoms with Crippen LogP contribution < -0.4 is 0 Å². The standard InChI is InChI=1S/C8H15O2P/c1-2-3-4-5-8(11-10)6-7-9/h7-8H,2-6H2,1H3/p+1. The van der Waals surface area contributed by atoms with E-state index in [9.17, 15) is 9.36 Å². The van der Waals surface area contributed by atoms with Gasteiger partial charge < -0.3 is 4.79 Å². The molecule has 0 spiro atoms. The van der Waals surface area contributed by atoms with Crippen molar-refractivity contribution >= 4 is 14.7 Å². The SMILES string of the molecule is CCCCCC(CC=O)[PH+]=O. The Bertz CT molecular complexity index is 115. The molecular weight excluding hydrogens is 159 g/mol. The van der Waals surface area contributed by atoms with Gasteiger partial charge in [0.05, 0.1) is 0 Å². The summed E-state index contributed by atoms with van der Waals surface area (Å²) in [5, 5.41) is 0. The molecule has 0 radical (unpaired) electrons. The summed E-state index contributed by atoms with van der Waals surface area (Å²) < 4.78 is 10.5. The van der Waals surface area contributed by atoms with Gasteiger partial charge in [-0.15, -0.1) is 0 Å². The quantitative estimate of drug-likeness (QED) is 0.338. The van der Waals surface area contributed by atoms with Crippen LogP contribution in [0.4, 0.5) is 0 Å². The van der Waals surface area contributed by atoms with Gasteiger partial charge >= 0.3 is 8.46 Å². The lowest BCUT2D eigenvalue weighted by Gasteiger charge is -1.97. The Balaban J connectivity index is 3.35. The van der Waals surface area contributed by atoms with Crippen LogP contribution in [0.3, 0.4) is 0 Å². The third-order valence-corrected chi connectivity index (χ3v) is 2.56. The van der Waals surface area contributed by atoms with Crippen molar-refractivity contribution in [3.05, 3.63) is 0 Å². The molecule has 64 valence electrons. The van der Waals surface area contributed by atoms with Gasteiger partial charge in [-0.25, -0.2) is 0 Å². The number of carbonyl (C=O) groups is 1. The minimum atomic E-state index is -0.314. The van der Waals surface area contributed by atoms with E-state index in [4.69, 9.17) is 0 Å². The molecule has 0 fully saturated rings. The molecule has 0 saturated carbocycles. The molecule has 0 aromatic carbocycles. The summed E-state index contributed by atoms with van der Waals surface area (Å²) in [4.78, 5) is 10.1. The highest BCUT2D eigenvalue weighted by atomic mass is 31.1. The monoisotopic (exact) mass is 175 g/mol. The molecule has 3 heteroatoms. The first-order valence-electron chi connectivity index (χ1n) is 4.16. The lowest BCUT2D eigenvalue weighted by molar-refractivity contribution is -0.107. The molecule has 0 aromatic heterocycles. The predicted octanol–water partition coefficient (Wildman–Crippen LogP) is 2.55. The maximum atomic E-state index is 10.5. The van der Waals surface area contributed by atoms with Crippen LogP contribution in [0, 0.1) is 0 Å². The van der Waals surface area contributed by atoms with E-state index < -0.39 is 0 Å². The van der Waals surface area contributed by atoms with Crippen LogP contribution >= 0.6 is 8.46 Å².